The van der Waals surface area contributed by atoms with E-state index >= 15 is 0 Å². The third kappa shape index (κ3) is 3.19. The third-order valence-electron chi connectivity index (χ3n) is 2.70. The van der Waals surface area contributed by atoms with E-state index in [-0.39, 0.29) is 5.92 Å². The lowest BCUT2D eigenvalue weighted by Gasteiger charge is -2.15. The molecular weight excluding hydrogens is 384 g/mol. The standard InChI is InChI=1S/C13H11BrCl3N3/c1-6(2)9-12(17)18-5-19-13(9)20-8-4-3-7(14)10(15)11(8)16/h3-6H,1-2H3,(H,18,19,20). The van der Waals surface area contributed by atoms with Gasteiger partial charge in [0.05, 0.1) is 15.7 Å². The van der Waals surface area contributed by atoms with Crippen LogP contribution in [-0.4, -0.2) is 9.97 Å². The zero-order valence-electron chi connectivity index (χ0n) is 10.7. The van der Waals surface area contributed by atoms with E-state index in [4.69, 9.17) is 34.8 Å². The Morgan fingerprint density at radius 1 is 1.10 bits per heavy atom. The van der Waals surface area contributed by atoms with Gasteiger partial charge >= 0.3 is 0 Å². The molecule has 7 heteroatoms. The van der Waals surface area contributed by atoms with Crippen molar-refractivity contribution in [2.75, 3.05) is 5.32 Å². The van der Waals surface area contributed by atoms with E-state index in [1.165, 1.54) is 6.33 Å². The molecule has 1 aromatic heterocycles. The first-order valence-corrected chi connectivity index (χ1v) is 7.75. The Morgan fingerprint density at radius 2 is 1.80 bits per heavy atom. The van der Waals surface area contributed by atoms with Gasteiger partial charge in [-0.3, -0.25) is 0 Å². The van der Waals surface area contributed by atoms with Gasteiger partial charge in [0.15, 0.2) is 0 Å². The summed E-state index contributed by atoms with van der Waals surface area (Å²) in [5, 5.41) is 4.45. The molecule has 0 amide bonds. The Labute approximate surface area is 140 Å². The summed E-state index contributed by atoms with van der Waals surface area (Å²) in [6.45, 7) is 4.04. The van der Waals surface area contributed by atoms with Crippen LogP contribution in [-0.2, 0) is 0 Å². The minimum absolute atomic E-state index is 0.177. The van der Waals surface area contributed by atoms with Gasteiger partial charge in [-0.2, -0.15) is 0 Å². The molecule has 0 fully saturated rings. The Kier molecular flexibility index (Phi) is 5.13. The van der Waals surface area contributed by atoms with E-state index < -0.39 is 0 Å². The van der Waals surface area contributed by atoms with Crippen molar-refractivity contribution in [1.82, 2.24) is 9.97 Å². The summed E-state index contributed by atoms with van der Waals surface area (Å²) in [6.07, 6.45) is 1.41. The summed E-state index contributed by atoms with van der Waals surface area (Å²) < 4.78 is 0.736. The Morgan fingerprint density at radius 3 is 2.45 bits per heavy atom. The first kappa shape index (κ1) is 15.8. The molecule has 3 nitrogen and oxygen atoms in total. The van der Waals surface area contributed by atoms with Crippen molar-refractivity contribution in [3.05, 3.63) is 43.7 Å². The largest absolute Gasteiger partial charge is 0.339 e. The fourth-order valence-electron chi connectivity index (χ4n) is 1.74. The van der Waals surface area contributed by atoms with Crippen molar-refractivity contribution in [2.45, 2.75) is 19.8 Å². The fraction of sp³-hybridized carbons (Fsp3) is 0.231. The number of nitrogens with one attached hydrogen (secondary N) is 1. The third-order valence-corrected chi connectivity index (χ3v) is 4.77. The zero-order chi connectivity index (χ0) is 14.9. The van der Waals surface area contributed by atoms with E-state index in [0.29, 0.717) is 26.7 Å². The number of halogens is 4. The Balaban J connectivity index is 2.46. The predicted octanol–water partition coefficient (Wildman–Crippen LogP) is 6.07. The molecule has 0 unspecified atom stereocenters. The van der Waals surface area contributed by atoms with Crippen molar-refractivity contribution < 1.29 is 0 Å². The summed E-state index contributed by atoms with van der Waals surface area (Å²) in [4.78, 5) is 8.23. The van der Waals surface area contributed by atoms with Crippen molar-refractivity contribution in [1.29, 1.82) is 0 Å². The molecule has 20 heavy (non-hydrogen) atoms. The highest BCUT2D eigenvalue weighted by atomic mass is 79.9. The van der Waals surface area contributed by atoms with Crippen LogP contribution in [0.2, 0.25) is 15.2 Å². The maximum atomic E-state index is 6.22. The molecule has 0 radical (unpaired) electrons. The highest BCUT2D eigenvalue weighted by Crippen LogP contribution is 2.38. The maximum Gasteiger partial charge on any atom is 0.138 e. The van der Waals surface area contributed by atoms with Crippen LogP contribution in [0.25, 0.3) is 0 Å². The lowest BCUT2D eigenvalue weighted by atomic mass is 10.1. The molecule has 0 aliphatic carbocycles. The van der Waals surface area contributed by atoms with E-state index in [1.54, 1.807) is 0 Å². The van der Waals surface area contributed by atoms with Gasteiger partial charge in [0, 0.05) is 10.0 Å². The number of hydrogen-bond acceptors (Lipinski definition) is 3. The summed E-state index contributed by atoms with van der Waals surface area (Å²) in [7, 11) is 0. The normalized spacial score (nSPS) is 10.9. The van der Waals surface area contributed by atoms with Gasteiger partial charge in [0.25, 0.3) is 0 Å². The second kappa shape index (κ2) is 6.48. The molecule has 106 valence electrons. The molecular formula is C13H11BrCl3N3. The van der Waals surface area contributed by atoms with Crippen LogP contribution < -0.4 is 5.32 Å². The SMILES string of the molecule is CC(C)c1c(Cl)ncnc1Nc1ccc(Br)c(Cl)c1Cl. The number of benzene rings is 1. The van der Waals surface area contributed by atoms with Gasteiger partial charge in [0.2, 0.25) is 0 Å². The number of nitrogens with zero attached hydrogens (tertiary/aromatic N) is 2. The molecule has 0 spiro atoms. The molecule has 0 aliphatic heterocycles. The zero-order valence-corrected chi connectivity index (χ0v) is 14.6. The Hall–Kier alpha value is -0.550. The van der Waals surface area contributed by atoms with Crippen LogP contribution in [0.15, 0.2) is 22.9 Å². The first-order valence-electron chi connectivity index (χ1n) is 5.82. The molecule has 2 rings (SSSR count). The Bertz CT molecular complexity index is 647. The first-order chi connectivity index (χ1) is 9.41. The van der Waals surface area contributed by atoms with Gasteiger partial charge in [-0.25, -0.2) is 9.97 Å². The van der Waals surface area contributed by atoms with Crippen LogP contribution >= 0.6 is 50.7 Å². The summed E-state index contributed by atoms with van der Waals surface area (Å²) in [5.74, 6) is 0.802. The topological polar surface area (TPSA) is 37.8 Å². The smallest absolute Gasteiger partial charge is 0.138 e. The maximum absolute atomic E-state index is 6.22. The van der Waals surface area contributed by atoms with E-state index in [1.807, 2.05) is 26.0 Å². The van der Waals surface area contributed by atoms with Crippen molar-refractivity contribution >= 4 is 62.2 Å². The van der Waals surface area contributed by atoms with Crippen molar-refractivity contribution in [2.24, 2.45) is 0 Å². The van der Waals surface area contributed by atoms with E-state index in [2.05, 4.69) is 31.2 Å². The van der Waals surface area contributed by atoms with Crippen molar-refractivity contribution in [3.8, 4) is 0 Å². The molecule has 0 saturated carbocycles. The number of aromatic nitrogens is 2. The van der Waals surface area contributed by atoms with Gasteiger partial charge in [-0.15, -0.1) is 0 Å². The second-order valence-corrected chi connectivity index (χ2v) is 6.40. The van der Waals surface area contributed by atoms with Crippen LogP contribution in [0.3, 0.4) is 0 Å². The predicted molar refractivity (Wildman–Crippen MR) is 88.6 cm³/mol. The summed E-state index contributed by atoms with van der Waals surface area (Å²) in [6, 6.07) is 3.63. The minimum Gasteiger partial charge on any atom is -0.339 e. The second-order valence-electron chi connectivity index (χ2n) is 4.43. The van der Waals surface area contributed by atoms with Crippen molar-refractivity contribution in [3.63, 3.8) is 0 Å². The molecule has 0 atom stereocenters. The molecule has 0 aliphatic rings. The van der Waals surface area contributed by atoms with Crippen LogP contribution in [0.5, 0.6) is 0 Å². The van der Waals surface area contributed by atoms with Gasteiger partial charge in [0.1, 0.15) is 17.3 Å². The number of hydrogen-bond donors (Lipinski definition) is 1. The lowest BCUT2D eigenvalue weighted by molar-refractivity contribution is 0.850. The molecule has 1 N–H and O–H groups in total. The highest BCUT2D eigenvalue weighted by Gasteiger charge is 2.16. The number of anilines is 2. The highest BCUT2D eigenvalue weighted by molar-refractivity contribution is 9.10. The number of rotatable bonds is 3. The van der Waals surface area contributed by atoms with Crippen LogP contribution in [0, 0.1) is 0 Å². The molecule has 1 aromatic carbocycles. The van der Waals surface area contributed by atoms with Gasteiger partial charge < -0.3 is 5.32 Å². The average Bonchev–Trinajstić information content (AvgIpc) is 2.39. The monoisotopic (exact) mass is 393 g/mol. The lowest BCUT2D eigenvalue weighted by Crippen LogP contribution is -2.03. The quantitative estimate of drug-likeness (QED) is 0.506. The van der Waals surface area contributed by atoms with Gasteiger partial charge in [-0.1, -0.05) is 48.7 Å². The van der Waals surface area contributed by atoms with E-state index in [9.17, 15) is 0 Å². The fourth-order valence-corrected chi connectivity index (χ4v) is 2.91. The van der Waals surface area contributed by atoms with Crippen LogP contribution in [0.1, 0.15) is 25.3 Å². The van der Waals surface area contributed by atoms with Gasteiger partial charge in [-0.05, 0) is 34.0 Å². The average molecular weight is 396 g/mol. The van der Waals surface area contributed by atoms with E-state index in [0.717, 1.165) is 10.0 Å². The molecule has 2 aromatic rings. The molecule has 1 heterocycles. The van der Waals surface area contributed by atoms with Crippen LogP contribution in [0.4, 0.5) is 11.5 Å². The molecule has 0 bridgehead atoms. The summed E-state index contributed by atoms with van der Waals surface area (Å²) in [5.41, 5.74) is 1.50. The summed E-state index contributed by atoms with van der Waals surface area (Å²) >= 11 is 21.8. The minimum atomic E-state index is 0.177. The molecule has 0 saturated heterocycles.